The normalized spacial score (nSPS) is 14.0. The van der Waals surface area contributed by atoms with E-state index < -0.39 is 0 Å². The fraction of sp³-hybridized carbons (Fsp3) is 0.0612. The zero-order valence-corrected chi connectivity index (χ0v) is 27.8. The maximum absolute atomic E-state index is 2.45. The molecule has 0 spiro atoms. The molecule has 0 saturated carbocycles. The van der Waals surface area contributed by atoms with Crippen LogP contribution in [0, 0.1) is 0 Å². The molecular weight excluding hydrogens is 603 g/mol. The first-order valence-corrected chi connectivity index (χ1v) is 17.7. The fourth-order valence-electron chi connectivity index (χ4n) is 8.37. The van der Waals surface area contributed by atoms with Gasteiger partial charge in [-0.25, -0.2) is 0 Å². The summed E-state index contributed by atoms with van der Waals surface area (Å²) in [5, 5.41) is 5.10. The summed E-state index contributed by atoms with van der Waals surface area (Å²) in [5.74, 6) is 0.420. The van der Waals surface area contributed by atoms with Gasteiger partial charge in [-0.2, -0.15) is 0 Å². The van der Waals surface area contributed by atoms with Gasteiger partial charge in [-0.15, -0.1) is 0 Å². The van der Waals surface area contributed by atoms with Crippen LogP contribution in [-0.4, -0.2) is 4.57 Å². The second-order valence-electron chi connectivity index (χ2n) is 13.7. The van der Waals surface area contributed by atoms with Crippen molar-refractivity contribution in [3.05, 3.63) is 199 Å². The van der Waals surface area contributed by atoms with Gasteiger partial charge in [0.25, 0.3) is 0 Å². The van der Waals surface area contributed by atoms with E-state index in [1.165, 1.54) is 88.3 Å². The number of aromatic nitrogens is 1. The summed E-state index contributed by atoms with van der Waals surface area (Å²) >= 11 is 0. The van der Waals surface area contributed by atoms with Crippen molar-refractivity contribution >= 4 is 32.6 Å². The molecule has 0 radical (unpaired) electrons. The molecule has 1 nitrogen and oxygen atoms in total. The van der Waals surface area contributed by atoms with Crippen LogP contribution in [0.3, 0.4) is 0 Å². The third-order valence-electron chi connectivity index (χ3n) is 10.8. The molecule has 1 aliphatic carbocycles. The molecule has 1 heteroatoms. The first-order valence-electron chi connectivity index (χ1n) is 17.7. The van der Waals surface area contributed by atoms with Crippen LogP contribution in [0.15, 0.2) is 182 Å². The van der Waals surface area contributed by atoms with E-state index in [2.05, 4.69) is 187 Å². The Kier molecular flexibility index (Phi) is 6.77. The molecule has 1 heterocycles. The van der Waals surface area contributed by atoms with E-state index in [4.69, 9.17) is 0 Å². The van der Waals surface area contributed by atoms with Gasteiger partial charge >= 0.3 is 0 Å². The molecule has 1 unspecified atom stereocenters. The van der Waals surface area contributed by atoms with Gasteiger partial charge in [0.2, 0.25) is 0 Å². The highest BCUT2D eigenvalue weighted by atomic mass is 15.0. The van der Waals surface area contributed by atoms with Gasteiger partial charge in [0.1, 0.15) is 0 Å². The Morgan fingerprint density at radius 3 is 1.88 bits per heavy atom. The number of benzene rings is 8. The number of para-hydroxylation sites is 1. The smallest absolute Gasteiger partial charge is 0.0619 e. The van der Waals surface area contributed by atoms with Crippen molar-refractivity contribution in [3.8, 4) is 39.1 Å². The lowest BCUT2D eigenvalue weighted by atomic mass is 9.87. The van der Waals surface area contributed by atoms with E-state index >= 15 is 0 Å². The third kappa shape index (κ3) is 4.77. The van der Waals surface area contributed by atoms with Crippen LogP contribution < -0.4 is 0 Å². The van der Waals surface area contributed by atoms with Gasteiger partial charge in [0.15, 0.2) is 0 Å². The highest BCUT2D eigenvalue weighted by Gasteiger charge is 2.23. The minimum Gasteiger partial charge on any atom is -0.309 e. The molecule has 0 N–H and O–H groups in total. The number of hydrogen-bond acceptors (Lipinski definition) is 0. The standard InChI is InChI=1S/C49H35N/c1-3-11-33(12-4-1)34-19-21-35(22-20-34)41-29-39-14-8-9-17-43(39)46-31-37(23-24-40(46)30-41)38-26-28-48-47(32-38)45-27-25-36-13-7-10-18-44(36)49(45)50(48)42-15-5-2-6-16-42/h1-28,31-32,41H,29-30H2. The van der Waals surface area contributed by atoms with Crippen LogP contribution in [0.25, 0.3) is 71.6 Å². The zero-order valence-electron chi connectivity index (χ0n) is 27.8. The molecular formula is C49H35N. The third-order valence-corrected chi connectivity index (χ3v) is 10.8. The van der Waals surface area contributed by atoms with E-state index in [-0.39, 0.29) is 0 Å². The maximum Gasteiger partial charge on any atom is 0.0619 e. The fourth-order valence-corrected chi connectivity index (χ4v) is 8.37. The molecule has 10 rings (SSSR count). The molecule has 0 aliphatic heterocycles. The predicted molar refractivity (Wildman–Crippen MR) is 211 cm³/mol. The van der Waals surface area contributed by atoms with Crippen LogP contribution in [0.1, 0.15) is 22.6 Å². The van der Waals surface area contributed by atoms with Crippen LogP contribution in [0.5, 0.6) is 0 Å². The van der Waals surface area contributed by atoms with Gasteiger partial charge < -0.3 is 4.57 Å². The second kappa shape index (κ2) is 11.8. The first-order chi connectivity index (χ1) is 24.8. The average molecular weight is 638 g/mol. The Balaban J connectivity index is 1.09. The lowest BCUT2D eigenvalue weighted by Gasteiger charge is -2.17. The Bertz CT molecular complexity index is 2680. The van der Waals surface area contributed by atoms with Gasteiger partial charge in [0, 0.05) is 21.8 Å². The van der Waals surface area contributed by atoms with Crippen molar-refractivity contribution in [3.63, 3.8) is 0 Å². The Labute approximate surface area is 292 Å². The van der Waals surface area contributed by atoms with Gasteiger partial charge in [-0.1, -0.05) is 152 Å². The minimum atomic E-state index is 0.420. The highest BCUT2D eigenvalue weighted by molar-refractivity contribution is 6.19. The van der Waals surface area contributed by atoms with E-state index in [0.717, 1.165) is 12.8 Å². The number of nitrogens with zero attached hydrogens (tertiary/aromatic N) is 1. The van der Waals surface area contributed by atoms with Crippen molar-refractivity contribution in [2.24, 2.45) is 0 Å². The Morgan fingerprint density at radius 1 is 0.400 bits per heavy atom. The summed E-state index contributed by atoms with van der Waals surface area (Å²) in [6.45, 7) is 0. The second-order valence-corrected chi connectivity index (χ2v) is 13.7. The van der Waals surface area contributed by atoms with Crippen molar-refractivity contribution < 1.29 is 0 Å². The molecule has 236 valence electrons. The summed E-state index contributed by atoms with van der Waals surface area (Å²) < 4.78 is 2.44. The van der Waals surface area contributed by atoms with Crippen LogP contribution >= 0.6 is 0 Å². The molecule has 8 aromatic carbocycles. The summed E-state index contributed by atoms with van der Waals surface area (Å²) in [6.07, 6.45) is 2.05. The largest absolute Gasteiger partial charge is 0.309 e. The average Bonchev–Trinajstić information content (AvgIpc) is 3.43. The summed E-state index contributed by atoms with van der Waals surface area (Å²) in [7, 11) is 0. The number of hydrogen-bond donors (Lipinski definition) is 0. The monoisotopic (exact) mass is 637 g/mol. The molecule has 0 fully saturated rings. The van der Waals surface area contributed by atoms with E-state index in [0.29, 0.717) is 5.92 Å². The molecule has 0 amide bonds. The first kappa shape index (κ1) is 28.8. The number of fused-ring (bicyclic) bond motifs is 8. The summed E-state index contributed by atoms with van der Waals surface area (Å²) in [5.41, 5.74) is 15.7. The van der Waals surface area contributed by atoms with E-state index in [9.17, 15) is 0 Å². The Hall–Kier alpha value is -6.18. The van der Waals surface area contributed by atoms with Crippen molar-refractivity contribution in [1.29, 1.82) is 0 Å². The molecule has 1 aliphatic rings. The highest BCUT2D eigenvalue weighted by Crippen LogP contribution is 2.42. The SMILES string of the molecule is c1ccc(-c2ccc(C3Cc4ccccc4-c4cc(-c5ccc6c(c5)c5ccc7ccccc7c5n6-c5ccccc5)ccc4C3)cc2)cc1. The molecule has 0 bridgehead atoms. The molecule has 1 atom stereocenters. The van der Waals surface area contributed by atoms with Gasteiger partial charge in [-0.05, 0) is 105 Å². The molecule has 9 aromatic rings. The van der Waals surface area contributed by atoms with Gasteiger partial charge in [0.05, 0.1) is 11.0 Å². The minimum absolute atomic E-state index is 0.420. The van der Waals surface area contributed by atoms with E-state index in [1.54, 1.807) is 0 Å². The quantitative estimate of drug-likeness (QED) is 0.181. The molecule has 0 saturated heterocycles. The Morgan fingerprint density at radius 2 is 1.04 bits per heavy atom. The topological polar surface area (TPSA) is 4.93 Å². The van der Waals surface area contributed by atoms with Crippen molar-refractivity contribution in [2.75, 3.05) is 0 Å². The van der Waals surface area contributed by atoms with Crippen LogP contribution in [0.2, 0.25) is 0 Å². The maximum atomic E-state index is 2.45. The van der Waals surface area contributed by atoms with E-state index in [1.807, 2.05) is 0 Å². The number of rotatable bonds is 4. The molecule has 1 aromatic heterocycles. The predicted octanol–water partition coefficient (Wildman–Crippen LogP) is 12.8. The zero-order chi connectivity index (χ0) is 33.0. The lowest BCUT2D eigenvalue weighted by Crippen LogP contribution is -2.05. The summed E-state index contributed by atoms with van der Waals surface area (Å²) in [6, 6.07) is 67.3. The van der Waals surface area contributed by atoms with Gasteiger partial charge in [-0.3, -0.25) is 0 Å². The van der Waals surface area contributed by atoms with Crippen molar-refractivity contribution in [1.82, 2.24) is 4.57 Å². The van der Waals surface area contributed by atoms with Crippen molar-refractivity contribution in [2.45, 2.75) is 18.8 Å². The van der Waals surface area contributed by atoms with Crippen LogP contribution in [0.4, 0.5) is 0 Å². The molecule has 50 heavy (non-hydrogen) atoms. The summed E-state index contributed by atoms with van der Waals surface area (Å²) in [4.78, 5) is 0. The van der Waals surface area contributed by atoms with Crippen LogP contribution in [-0.2, 0) is 12.8 Å². The lowest BCUT2D eigenvalue weighted by molar-refractivity contribution is 0.689.